The van der Waals surface area contributed by atoms with Gasteiger partial charge in [-0.1, -0.05) is 95.9 Å². The molecular weight excluding hydrogens is 1340 g/mol. The summed E-state index contributed by atoms with van der Waals surface area (Å²) in [6.45, 7) is 10.0. The van der Waals surface area contributed by atoms with E-state index in [1.54, 1.807) is 48.5 Å². The van der Waals surface area contributed by atoms with Gasteiger partial charge in [0.25, 0.3) is 0 Å². The van der Waals surface area contributed by atoms with Crippen molar-refractivity contribution >= 4 is 134 Å². The number of phenolic OH excluding ortho intramolecular Hbond substituents is 4. The number of benzene rings is 5. The van der Waals surface area contributed by atoms with Crippen molar-refractivity contribution in [3.05, 3.63) is 149 Å². The van der Waals surface area contributed by atoms with E-state index >= 15 is 0 Å². The SMILES string of the molecule is C.Cc1ccc(O)cc1.Cc1ccc(O)cc1.Cc1ccc(O)cc1.Cc1ccc(O)cc1.Cc1ccc([O][AlH2])cc1.O.[Cl][Al]([Cl])[Cl].[Cl][W]([Cl])([Cl])([Cl])([Cl])[Cl].[Cl][W][Cl]. The second-order valence-corrected chi connectivity index (χ2v) is 85.2. The fourth-order valence-corrected chi connectivity index (χ4v) is 3.13. The molecule has 21 heteroatoms. The van der Waals surface area contributed by atoms with E-state index in [1.165, 1.54) is 27.8 Å². The topological polar surface area (TPSA) is 122 Å². The van der Waals surface area contributed by atoms with Crippen molar-refractivity contribution in [3.63, 3.8) is 0 Å². The van der Waals surface area contributed by atoms with Crippen LogP contribution in [0.5, 0.6) is 28.7 Å². The Balaban J connectivity index is -0.000000183. The molecule has 5 rings (SSSR count). The van der Waals surface area contributed by atoms with Crippen LogP contribution in [0.3, 0.4) is 0 Å². The molecule has 0 saturated heterocycles. The molecule has 0 atom stereocenters. The van der Waals surface area contributed by atoms with Gasteiger partial charge in [0.15, 0.2) is 0 Å². The van der Waals surface area contributed by atoms with E-state index in [2.05, 4.69) is 6.92 Å². The Morgan fingerprint density at radius 3 is 0.684 bits per heavy atom. The summed E-state index contributed by atoms with van der Waals surface area (Å²) < 4.78 is 5.11. The van der Waals surface area contributed by atoms with Gasteiger partial charge in [0, 0.05) is 0 Å². The molecule has 0 unspecified atom stereocenters. The van der Waals surface area contributed by atoms with Crippen LogP contribution in [0, 0.1) is 34.6 Å². The molecule has 5 aromatic carbocycles. The van der Waals surface area contributed by atoms with E-state index in [4.69, 9.17) is 130 Å². The monoisotopic (exact) mass is 1380 g/mol. The Hall–Kier alpha value is 0.692. The van der Waals surface area contributed by atoms with Gasteiger partial charge in [-0.05, 0) is 95.3 Å². The molecule has 6 nitrogen and oxygen atoms in total. The zero-order chi connectivity index (χ0) is 43.3. The summed E-state index contributed by atoms with van der Waals surface area (Å²) in [5, 5.41) is 35.0. The first kappa shape index (κ1) is 66.8. The zero-order valence-electron chi connectivity index (χ0n) is 30.8. The molecule has 0 aliphatic carbocycles. The Morgan fingerprint density at radius 2 is 0.579 bits per heavy atom. The molecule has 57 heavy (non-hydrogen) atoms. The van der Waals surface area contributed by atoms with Crippen LogP contribution >= 0.6 is 105 Å². The number of halogens is 11. The maximum absolute atomic E-state index is 8.76. The summed E-state index contributed by atoms with van der Waals surface area (Å²) in [5.74, 6) is 2.30. The number of aryl methyl sites for hydroxylation is 5. The molecule has 0 saturated carbocycles. The van der Waals surface area contributed by atoms with Gasteiger partial charge in [-0.2, -0.15) is 0 Å². The first-order chi connectivity index (χ1) is 25.1. The predicted octanol–water partition coefficient (Wildman–Crippen LogP) is 14.7. The van der Waals surface area contributed by atoms with Gasteiger partial charge in [-0.3, -0.25) is 0 Å². The number of phenols is 4. The van der Waals surface area contributed by atoms with Crippen molar-refractivity contribution in [3.8, 4) is 28.7 Å². The molecule has 0 aliphatic rings. The third-order valence-corrected chi connectivity index (χ3v) is 5.86. The van der Waals surface area contributed by atoms with Crippen LogP contribution in [0.1, 0.15) is 35.2 Å². The van der Waals surface area contributed by atoms with Crippen LogP contribution in [0.15, 0.2) is 121 Å². The first-order valence-electron chi connectivity index (χ1n) is 15.0. The number of rotatable bonds is 1. The molecular formula is C36H47Al2Cl11O6W2. The van der Waals surface area contributed by atoms with Crippen molar-refractivity contribution in [2.24, 2.45) is 0 Å². The fourth-order valence-electron chi connectivity index (χ4n) is 2.85. The Labute approximate surface area is 401 Å². The quantitative estimate of drug-likeness (QED) is 0.125. The average Bonchev–Trinajstić information content (AvgIpc) is 3.07. The summed E-state index contributed by atoms with van der Waals surface area (Å²) in [6.07, 6.45) is 0. The van der Waals surface area contributed by atoms with E-state index < -0.39 is 35.2 Å². The number of aromatic hydroxyl groups is 4. The van der Waals surface area contributed by atoms with E-state index in [1.807, 2.05) is 100 Å². The van der Waals surface area contributed by atoms with Gasteiger partial charge >= 0.3 is 127 Å². The van der Waals surface area contributed by atoms with Crippen molar-refractivity contribution in [2.75, 3.05) is 0 Å². The zero-order valence-corrected chi connectivity index (χ0v) is 48.1. The summed E-state index contributed by atoms with van der Waals surface area (Å²) in [7, 11) is 49.6. The second-order valence-electron chi connectivity index (χ2n) is 10.5. The van der Waals surface area contributed by atoms with Crippen LogP contribution in [0.2, 0.25) is 0 Å². The van der Waals surface area contributed by atoms with Crippen LogP contribution in [0.4, 0.5) is 0 Å². The molecule has 6 N–H and O–H groups in total. The normalized spacial score (nSPS) is 10.2. The van der Waals surface area contributed by atoms with E-state index in [9.17, 15) is 0 Å². The Kier molecular flexibility index (Phi) is 41.2. The minimum atomic E-state index is -5.47. The molecule has 5 aromatic rings. The van der Waals surface area contributed by atoms with Gasteiger partial charge in [-0.15, -0.1) is 0 Å². The molecule has 0 aliphatic heterocycles. The van der Waals surface area contributed by atoms with Gasteiger partial charge in [0.1, 0.15) is 23.0 Å². The van der Waals surface area contributed by atoms with E-state index in [0.717, 1.165) is 22.4 Å². The standard InChI is InChI=1S/5C7H8O.CH4.2Al.11ClH.H2O.2W.2H/c5*1-6-2-4-7(8)5-3-6;;;;;;;;;;;;;;;;;;;/h5*2-5,8H,1H3;1H4;;;11*1H;1H2;;;;/q;;;;;;+1;+3;;;;;;;;;;;;;+2;+6;;/p-12. The molecule has 0 heterocycles. The van der Waals surface area contributed by atoms with Crippen LogP contribution in [-0.2, 0) is 23.8 Å². The third-order valence-electron chi connectivity index (χ3n) is 5.39. The van der Waals surface area contributed by atoms with Gasteiger partial charge in [0.05, 0.1) is 5.75 Å². The van der Waals surface area contributed by atoms with Gasteiger partial charge in [0.2, 0.25) is 0 Å². The van der Waals surface area contributed by atoms with Crippen molar-refractivity contribution in [1.82, 2.24) is 0 Å². The fraction of sp³-hybridized carbons (Fsp3) is 0.167. The van der Waals surface area contributed by atoms with Crippen LogP contribution in [0.25, 0.3) is 0 Å². The Morgan fingerprint density at radius 1 is 0.456 bits per heavy atom. The second kappa shape index (κ2) is 35.2. The number of hydrogen-bond donors (Lipinski definition) is 4. The third kappa shape index (κ3) is 61.1. The van der Waals surface area contributed by atoms with Gasteiger partial charge in [-0.25, -0.2) is 30.1 Å². The maximum atomic E-state index is 8.76. The first-order valence-corrected chi connectivity index (χ1v) is 50.1. The van der Waals surface area contributed by atoms with Crippen LogP contribution in [-0.4, -0.2) is 53.9 Å². The molecule has 0 fully saturated rings. The molecule has 0 aromatic heterocycles. The molecule has 0 spiro atoms. The average molecular weight is 1390 g/mol. The van der Waals surface area contributed by atoms with Gasteiger partial charge < -0.3 is 29.7 Å². The summed E-state index contributed by atoms with van der Waals surface area (Å²) in [6, 6.07) is 36.4. The van der Waals surface area contributed by atoms with Crippen molar-refractivity contribution in [2.45, 2.75) is 42.0 Å². The van der Waals surface area contributed by atoms with Crippen molar-refractivity contribution < 1.29 is 53.5 Å². The summed E-state index contributed by atoms with van der Waals surface area (Å²) in [5.41, 5.74) is 5.95. The summed E-state index contributed by atoms with van der Waals surface area (Å²) >= 11 is -1.75. The van der Waals surface area contributed by atoms with E-state index in [0.29, 0.717) is 23.0 Å². The minimum absolute atomic E-state index is 0. The number of hydrogen-bond acceptors (Lipinski definition) is 5. The molecule has 0 bridgehead atoms. The Bertz CT molecular complexity index is 1410. The molecule has 0 radical (unpaired) electrons. The summed E-state index contributed by atoms with van der Waals surface area (Å²) in [4.78, 5) is 0. The molecule has 322 valence electrons. The van der Waals surface area contributed by atoms with Crippen LogP contribution < -0.4 is 3.79 Å². The van der Waals surface area contributed by atoms with E-state index in [-0.39, 0.29) is 12.9 Å². The molecule has 0 amide bonds. The van der Waals surface area contributed by atoms with Crippen molar-refractivity contribution in [1.29, 1.82) is 0 Å². The predicted molar refractivity (Wildman–Crippen MR) is 252 cm³/mol.